The van der Waals surface area contributed by atoms with Gasteiger partial charge in [0.1, 0.15) is 12.7 Å². The van der Waals surface area contributed by atoms with Gasteiger partial charge >= 0.3 is 27.6 Å². The molecule has 0 radical (unpaired) electrons. The number of esters is 2. The van der Waals surface area contributed by atoms with Gasteiger partial charge in [-0.2, -0.15) is 0 Å². The molecule has 0 heterocycles. The maximum absolute atomic E-state index is 12.6. The second kappa shape index (κ2) is 35.0. The van der Waals surface area contributed by atoms with E-state index in [4.69, 9.17) is 23.8 Å². The van der Waals surface area contributed by atoms with Crippen molar-refractivity contribution in [3.63, 3.8) is 0 Å². The zero-order valence-corrected chi connectivity index (χ0v) is 34.4. The van der Waals surface area contributed by atoms with Crippen LogP contribution in [0, 0.1) is 0 Å². The van der Waals surface area contributed by atoms with E-state index in [2.05, 4.69) is 47.2 Å². The maximum atomic E-state index is 12.6. The fourth-order valence-corrected chi connectivity index (χ4v) is 6.37. The van der Waals surface area contributed by atoms with Gasteiger partial charge in [-0.3, -0.25) is 23.2 Å². The van der Waals surface area contributed by atoms with Gasteiger partial charge in [-0.1, -0.05) is 115 Å². The zero-order valence-electron chi connectivity index (χ0n) is 32.6. The third-order valence-corrected chi connectivity index (χ3v) is 9.74. The van der Waals surface area contributed by atoms with Gasteiger partial charge in [-0.25, -0.2) is 9.13 Å². The van der Waals surface area contributed by atoms with Gasteiger partial charge in [0.2, 0.25) is 0 Å². The van der Waals surface area contributed by atoms with E-state index < -0.39 is 59.6 Å². The lowest BCUT2D eigenvalue weighted by molar-refractivity contribution is -0.161. The van der Waals surface area contributed by atoms with Gasteiger partial charge in [0, 0.05) is 12.8 Å². The highest BCUT2D eigenvalue weighted by atomic mass is 31.2. The minimum absolute atomic E-state index is 0.121. The van der Waals surface area contributed by atoms with Gasteiger partial charge in [-0.15, -0.1) is 0 Å². The van der Waals surface area contributed by atoms with Crippen molar-refractivity contribution in [2.45, 2.75) is 180 Å². The highest BCUT2D eigenvalue weighted by molar-refractivity contribution is 7.47. The Morgan fingerprint density at radius 1 is 0.528 bits per heavy atom. The molecule has 0 aromatic rings. The fraction of sp³-hybridized carbons (Fsp3) is 0.842. The lowest BCUT2D eigenvalue weighted by atomic mass is 10.1. The van der Waals surface area contributed by atoms with E-state index in [-0.39, 0.29) is 19.4 Å². The number of unbranched alkanes of at least 4 members (excludes halogenated alkanes) is 18. The second-order valence-electron chi connectivity index (χ2n) is 13.5. The monoisotopic (exact) mass is 798 g/mol. The minimum Gasteiger partial charge on any atom is -0.462 e. The van der Waals surface area contributed by atoms with E-state index in [1.54, 1.807) is 0 Å². The summed E-state index contributed by atoms with van der Waals surface area (Å²) in [6.45, 7) is 1.70. The average molecular weight is 799 g/mol. The first-order valence-corrected chi connectivity index (χ1v) is 23.1. The zero-order chi connectivity index (χ0) is 39.5. The van der Waals surface area contributed by atoms with Crippen molar-refractivity contribution >= 4 is 27.6 Å². The topological polar surface area (TPSA) is 195 Å². The van der Waals surface area contributed by atoms with Crippen LogP contribution >= 0.6 is 15.6 Å². The summed E-state index contributed by atoms with van der Waals surface area (Å²) in [5, 5.41) is 9.71. The number of rotatable bonds is 38. The van der Waals surface area contributed by atoms with Crippen LogP contribution in [-0.4, -0.2) is 70.4 Å². The normalized spacial score (nSPS) is 14.5. The number of ether oxygens (including phenoxy) is 2. The van der Waals surface area contributed by atoms with Crippen LogP contribution in [-0.2, 0) is 41.8 Å². The lowest BCUT2D eigenvalue weighted by Crippen LogP contribution is -2.30. The fourth-order valence-electron chi connectivity index (χ4n) is 5.22. The van der Waals surface area contributed by atoms with E-state index in [0.717, 1.165) is 77.0 Å². The van der Waals surface area contributed by atoms with Gasteiger partial charge in [0.15, 0.2) is 6.10 Å². The predicted molar refractivity (Wildman–Crippen MR) is 207 cm³/mol. The van der Waals surface area contributed by atoms with Gasteiger partial charge < -0.3 is 29.3 Å². The number of aliphatic hydroxyl groups excluding tert-OH is 1. The molecule has 0 rings (SSSR count). The molecule has 312 valence electrons. The Labute approximate surface area is 319 Å². The molecule has 0 aliphatic carbocycles. The molecule has 0 aliphatic rings. The van der Waals surface area contributed by atoms with Gasteiger partial charge in [0.25, 0.3) is 0 Å². The van der Waals surface area contributed by atoms with Crippen LogP contribution in [0.15, 0.2) is 24.3 Å². The van der Waals surface area contributed by atoms with Gasteiger partial charge in [0.05, 0.1) is 19.8 Å². The maximum Gasteiger partial charge on any atom is 0.472 e. The predicted octanol–water partition coefficient (Wildman–Crippen LogP) is 9.56. The number of phosphoric ester groups is 2. The summed E-state index contributed by atoms with van der Waals surface area (Å²) in [6.07, 6.45) is 30.3. The van der Waals surface area contributed by atoms with E-state index in [0.29, 0.717) is 12.8 Å². The highest BCUT2D eigenvalue weighted by Crippen LogP contribution is 2.43. The van der Waals surface area contributed by atoms with Crippen molar-refractivity contribution in [3.05, 3.63) is 24.3 Å². The van der Waals surface area contributed by atoms with Crippen LogP contribution < -0.4 is 0 Å². The number of hydrogen-bond donors (Lipinski definition) is 4. The van der Waals surface area contributed by atoms with Crippen LogP contribution in [0.3, 0.4) is 0 Å². The van der Waals surface area contributed by atoms with Crippen LogP contribution in [0.2, 0.25) is 0 Å². The molecule has 0 aromatic carbocycles. The second-order valence-corrected chi connectivity index (χ2v) is 16.2. The minimum atomic E-state index is -4.86. The molecule has 13 nitrogen and oxygen atoms in total. The van der Waals surface area contributed by atoms with Crippen molar-refractivity contribution in [1.29, 1.82) is 0 Å². The number of carbonyl (C=O) groups excluding carboxylic acids is 2. The van der Waals surface area contributed by atoms with Crippen molar-refractivity contribution in [1.82, 2.24) is 0 Å². The van der Waals surface area contributed by atoms with E-state index in [1.807, 2.05) is 0 Å². The summed E-state index contributed by atoms with van der Waals surface area (Å²) in [7, 11) is -9.66. The summed E-state index contributed by atoms with van der Waals surface area (Å²) >= 11 is 0. The summed E-state index contributed by atoms with van der Waals surface area (Å²) in [5.74, 6) is -1.05. The molecule has 0 fully saturated rings. The van der Waals surface area contributed by atoms with Gasteiger partial charge in [-0.05, 0) is 64.2 Å². The number of allylic oxidation sites excluding steroid dienone is 4. The molecule has 4 N–H and O–H groups in total. The first kappa shape index (κ1) is 51.6. The molecule has 53 heavy (non-hydrogen) atoms. The molecular weight excluding hydrogens is 726 g/mol. The highest BCUT2D eigenvalue weighted by Gasteiger charge is 2.28. The SMILES string of the molecule is CCCCCCC=CCCCCCCCC(=O)OCC(COP(=O)(O)OCC(O)COP(=O)(O)O)OC(=O)CCCCCCCC=CCCCCCC. The van der Waals surface area contributed by atoms with Crippen LogP contribution in [0.5, 0.6) is 0 Å². The van der Waals surface area contributed by atoms with E-state index >= 15 is 0 Å². The Morgan fingerprint density at radius 2 is 0.925 bits per heavy atom. The Balaban J connectivity index is 4.59. The van der Waals surface area contributed by atoms with Crippen molar-refractivity contribution < 1.29 is 61.6 Å². The molecule has 15 heteroatoms. The molecular formula is C38H72O13P2. The Bertz CT molecular complexity index is 1050. The van der Waals surface area contributed by atoms with Crippen LogP contribution in [0.4, 0.5) is 0 Å². The largest absolute Gasteiger partial charge is 0.472 e. The smallest absolute Gasteiger partial charge is 0.462 e. The van der Waals surface area contributed by atoms with E-state index in [1.165, 1.54) is 51.4 Å². The third-order valence-electron chi connectivity index (χ3n) is 8.30. The lowest BCUT2D eigenvalue weighted by Gasteiger charge is -2.20. The molecule has 0 saturated heterocycles. The quantitative estimate of drug-likeness (QED) is 0.0200. The third kappa shape index (κ3) is 38.7. The number of hydrogen-bond acceptors (Lipinski definition) is 10. The number of carbonyl (C=O) groups is 2. The summed E-state index contributed by atoms with van der Waals surface area (Å²) in [4.78, 5) is 52.5. The molecule has 3 atom stereocenters. The number of aliphatic hydroxyl groups is 1. The number of phosphoric acid groups is 2. The van der Waals surface area contributed by atoms with Crippen molar-refractivity contribution in [2.24, 2.45) is 0 Å². The summed E-state index contributed by atoms with van der Waals surface area (Å²) < 4.78 is 47.6. The molecule has 0 saturated carbocycles. The summed E-state index contributed by atoms with van der Waals surface area (Å²) in [5.41, 5.74) is 0. The van der Waals surface area contributed by atoms with Crippen LogP contribution in [0.25, 0.3) is 0 Å². The Kier molecular flexibility index (Phi) is 34.1. The molecule has 3 unspecified atom stereocenters. The summed E-state index contributed by atoms with van der Waals surface area (Å²) in [6, 6.07) is 0. The van der Waals surface area contributed by atoms with Crippen molar-refractivity contribution in [2.75, 3.05) is 26.4 Å². The first-order chi connectivity index (χ1) is 25.4. The Hall–Kier alpha value is -1.40. The molecule has 0 aliphatic heterocycles. The molecule has 0 aromatic heterocycles. The average Bonchev–Trinajstić information content (AvgIpc) is 3.11. The first-order valence-electron chi connectivity index (χ1n) is 20.0. The standard InChI is InChI=1S/C38H72O13P2/c1-3-5-7-9-11-13-15-17-19-21-23-25-27-29-37(40)47-33-36(34-50-53(45,46)49-32-35(39)31-48-52(42,43)44)51-38(41)30-28-26-24-22-20-18-16-14-12-10-8-6-4-2/h13-16,35-36,39H,3-12,17-34H2,1-2H3,(H,45,46)(H2,42,43,44). The van der Waals surface area contributed by atoms with Crippen molar-refractivity contribution in [3.8, 4) is 0 Å². The Morgan fingerprint density at radius 3 is 1.40 bits per heavy atom. The molecule has 0 spiro atoms. The molecule has 0 bridgehead atoms. The van der Waals surface area contributed by atoms with E-state index in [9.17, 15) is 28.7 Å². The van der Waals surface area contributed by atoms with Crippen LogP contribution in [0.1, 0.15) is 168 Å². The molecule has 0 amide bonds.